The molecule has 6 heteroatoms. The second kappa shape index (κ2) is 10.1. The first-order valence-corrected chi connectivity index (χ1v) is 10.5. The van der Waals surface area contributed by atoms with Crippen molar-refractivity contribution in [2.45, 2.75) is 39.2 Å². The maximum absolute atomic E-state index is 6.15. The number of hydrogen-bond donors (Lipinski definition) is 1. The topological polar surface area (TPSA) is 31.6 Å². The number of benzene rings is 1. The van der Waals surface area contributed by atoms with Gasteiger partial charge in [-0.1, -0.05) is 30.5 Å². The third-order valence-electron chi connectivity index (χ3n) is 5.04. The Hall–Kier alpha value is -1.56. The molecular weight excluding hydrogens is 378 g/mol. The number of nitrogens with zero attached hydrogens (tertiary/aromatic N) is 2. The summed E-state index contributed by atoms with van der Waals surface area (Å²) in [5.41, 5.74) is 2.07. The molecule has 4 nitrogen and oxygen atoms in total. The molecule has 0 spiro atoms. The Kier molecular flexibility index (Phi) is 7.56. The Labute approximate surface area is 172 Å². The van der Waals surface area contributed by atoms with Gasteiger partial charge in [-0.3, -0.25) is 0 Å². The van der Waals surface area contributed by atoms with Crippen molar-refractivity contribution >= 4 is 34.6 Å². The van der Waals surface area contributed by atoms with Gasteiger partial charge in [0.2, 0.25) is 0 Å². The summed E-state index contributed by atoms with van der Waals surface area (Å²) in [4.78, 5) is 4.73. The zero-order valence-electron chi connectivity index (χ0n) is 15.9. The van der Waals surface area contributed by atoms with E-state index >= 15 is 0 Å². The number of hydrogen-bond acceptors (Lipinski definition) is 3. The van der Waals surface area contributed by atoms with Crippen LogP contribution in [0.15, 0.2) is 41.0 Å². The van der Waals surface area contributed by atoms with Crippen molar-refractivity contribution in [1.29, 1.82) is 0 Å². The minimum atomic E-state index is 0.659. The van der Waals surface area contributed by atoms with Gasteiger partial charge in [0.15, 0.2) is 5.11 Å². The van der Waals surface area contributed by atoms with Crippen molar-refractivity contribution in [2.75, 3.05) is 31.5 Å². The number of aryl methyl sites for hydroxylation is 1. The Bertz CT molecular complexity index is 727. The van der Waals surface area contributed by atoms with Crippen molar-refractivity contribution in [2.24, 2.45) is 0 Å². The normalized spacial score (nSPS) is 15.3. The Morgan fingerprint density at radius 1 is 1.22 bits per heavy atom. The Balaban J connectivity index is 1.66. The second-order valence-corrected chi connectivity index (χ2v) is 7.97. The van der Waals surface area contributed by atoms with E-state index < -0.39 is 0 Å². The lowest BCUT2D eigenvalue weighted by atomic mass is 10.2. The minimum absolute atomic E-state index is 0.659. The fraction of sp³-hybridized carbons (Fsp3) is 0.476. The highest BCUT2D eigenvalue weighted by Gasteiger charge is 2.16. The molecular formula is C21H28ClN3OS. The molecule has 27 heavy (non-hydrogen) atoms. The predicted octanol–water partition coefficient (Wildman–Crippen LogP) is 5.32. The molecule has 1 N–H and O–H groups in total. The largest absolute Gasteiger partial charge is 0.467 e. The Morgan fingerprint density at radius 3 is 2.70 bits per heavy atom. The van der Waals surface area contributed by atoms with Crippen LogP contribution in [0, 0.1) is 6.92 Å². The van der Waals surface area contributed by atoms with Crippen molar-refractivity contribution in [1.82, 2.24) is 9.80 Å². The smallest absolute Gasteiger partial charge is 0.173 e. The number of likely N-dealkylation sites (tertiary alicyclic amines) is 1. The average molecular weight is 406 g/mol. The fourth-order valence-corrected chi connectivity index (χ4v) is 3.83. The molecule has 3 rings (SSSR count). The lowest BCUT2D eigenvalue weighted by Gasteiger charge is -2.29. The second-order valence-electron chi connectivity index (χ2n) is 7.15. The van der Waals surface area contributed by atoms with Gasteiger partial charge in [-0.25, -0.2) is 0 Å². The first kappa shape index (κ1) is 20.2. The third-order valence-corrected chi connectivity index (χ3v) is 5.64. The van der Waals surface area contributed by atoms with E-state index in [1.807, 2.05) is 30.3 Å². The number of furan rings is 1. The van der Waals surface area contributed by atoms with Gasteiger partial charge in [0, 0.05) is 23.8 Å². The zero-order valence-corrected chi connectivity index (χ0v) is 17.5. The zero-order chi connectivity index (χ0) is 19.1. The van der Waals surface area contributed by atoms with Crippen molar-refractivity contribution in [3.05, 3.63) is 52.9 Å². The number of halogens is 1. The SMILES string of the molecule is Cc1ccc(Cl)cc1NC(=S)N(CCN1CCCCCC1)Cc1ccco1. The molecule has 1 aliphatic heterocycles. The summed E-state index contributed by atoms with van der Waals surface area (Å²) in [7, 11) is 0. The van der Waals surface area contributed by atoms with Crippen molar-refractivity contribution < 1.29 is 4.42 Å². The molecule has 1 aliphatic rings. The first-order chi connectivity index (χ1) is 13.1. The number of nitrogens with one attached hydrogen (secondary N) is 1. The van der Waals surface area contributed by atoms with Gasteiger partial charge < -0.3 is 19.5 Å². The fourth-order valence-electron chi connectivity index (χ4n) is 3.39. The van der Waals surface area contributed by atoms with Crippen molar-refractivity contribution in [3.63, 3.8) is 0 Å². The average Bonchev–Trinajstić information content (AvgIpc) is 3.03. The van der Waals surface area contributed by atoms with E-state index in [-0.39, 0.29) is 0 Å². The maximum atomic E-state index is 6.15. The summed E-state index contributed by atoms with van der Waals surface area (Å²) in [6.45, 7) is 6.95. The first-order valence-electron chi connectivity index (χ1n) is 9.68. The van der Waals surface area contributed by atoms with Crippen molar-refractivity contribution in [3.8, 4) is 0 Å². The van der Waals surface area contributed by atoms with E-state index in [0.29, 0.717) is 16.7 Å². The van der Waals surface area contributed by atoms with Crippen LogP contribution in [0.25, 0.3) is 0 Å². The van der Waals surface area contributed by atoms with Crippen LogP contribution in [-0.4, -0.2) is 41.1 Å². The van der Waals surface area contributed by atoms with Gasteiger partial charge in [-0.2, -0.15) is 0 Å². The Morgan fingerprint density at radius 2 is 2.00 bits per heavy atom. The van der Waals surface area contributed by atoms with Gasteiger partial charge >= 0.3 is 0 Å². The van der Waals surface area contributed by atoms with Crippen LogP contribution >= 0.6 is 23.8 Å². The minimum Gasteiger partial charge on any atom is -0.467 e. The molecule has 0 unspecified atom stereocenters. The molecule has 0 atom stereocenters. The summed E-state index contributed by atoms with van der Waals surface area (Å²) in [6, 6.07) is 9.72. The molecule has 1 aromatic heterocycles. The molecule has 0 amide bonds. The molecule has 0 bridgehead atoms. The summed E-state index contributed by atoms with van der Waals surface area (Å²) in [5, 5.41) is 4.78. The maximum Gasteiger partial charge on any atom is 0.173 e. The summed E-state index contributed by atoms with van der Waals surface area (Å²) in [6.07, 6.45) is 6.99. The number of thiocarbonyl (C=S) groups is 1. The quantitative estimate of drug-likeness (QED) is 0.657. The van der Waals surface area contributed by atoms with Gasteiger partial charge in [0.05, 0.1) is 12.8 Å². The van der Waals surface area contributed by atoms with E-state index in [2.05, 4.69) is 22.0 Å². The molecule has 1 aromatic carbocycles. The molecule has 2 heterocycles. The summed E-state index contributed by atoms with van der Waals surface area (Å²) < 4.78 is 5.56. The molecule has 0 saturated carbocycles. The van der Waals surface area contributed by atoms with Crippen LogP contribution in [0.1, 0.15) is 37.0 Å². The van der Waals surface area contributed by atoms with Gasteiger partial charge in [-0.05, 0) is 74.9 Å². The molecule has 2 aromatic rings. The highest BCUT2D eigenvalue weighted by Crippen LogP contribution is 2.21. The monoisotopic (exact) mass is 405 g/mol. The van der Waals surface area contributed by atoms with Crippen LogP contribution in [0.3, 0.4) is 0 Å². The molecule has 0 aliphatic carbocycles. The highest BCUT2D eigenvalue weighted by atomic mass is 35.5. The van der Waals surface area contributed by atoms with Crippen LogP contribution in [0.4, 0.5) is 5.69 Å². The van der Waals surface area contributed by atoms with Crippen LogP contribution < -0.4 is 5.32 Å². The van der Waals surface area contributed by atoms with E-state index in [0.717, 1.165) is 30.1 Å². The van der Waals surface area contributed by atoms with E-state index in [9.17, 15) is 0 Å². The molecule has 1 fully saturated rings. The number of rotatable bonds is 6. The van der Waals surface area contributed by atoms with E-state index in [1.54, 1.807) is 6.26 Å². The van der Waals surface area contributed by atoms with Crippen LogP contribution in [0.5, 0.6) is 0 Å². The predicted molar refractivity (Wildman–Crippen MR) is 116 cm³/mol. The van der Waals surface area contributed by atoms with Gasteiger partial charge in [-0.15, -0.1) is 0 Å². The molecule has 0 radical (unpaired) electrons. The summed E-state index contributed by atoms with van der Waals surface area (Å²) in [5.74, 6) is 0.915. The number of anilines is 1. The van der Waals surface area contributed by atoms with Crippen LogP contribution in [0.2, 0.25) is 5.02 Å². The van der Waals surface area contributed by atoms with E-state index in [1.165, 1.54) is 38.8 Å². The molecule has 1 saturated heterocycles. The van der Waals surface area contributed by atoms with Gasteiger partial charge in [0.25, 0.3) is 0 Å². The van der Waals surface area contributed by atoms with E-state index in [4.69, 9.17) is 28.2 Å². The lowest BCUT2D eigenvalue weighted by Crippen LogP contribution is -2.40. The standard InChI is InChI=1S/C21H28ClN3OS/c1-17-8-9-18(22)15-20(17)23-21(27)25(16-19-7-6-14-26-19)13-12-24-10-4-2-3-5-11-24/h6-9,14-15H,2-5,10-13,16H2,1H3,(H,23,27). The highest BCUT2D eigenvalue weighted by molar-refractivity contribution is 7.80. The summed E-state index contributed by atoms with van der Waals surface area (Å²) >= 11 is 11.9. The molecule has 146 valence electrons. The third kappa shape index (κ3) is 6.23. The van der Waals surface area contributed by atoms with Crippen LogP contribution in [-0.2, 0) is 6.54 Å². The lowest BCUT2D eigenvalue weighted by molar-refractivity contribution is 0.247. The van der Waals surface area contributed by atoms with Gasteiger partial charge in [0.1, 0.15) is 5.76 Å².